The molecule has 26 heavy (non-hydrogen) atoms. The Hall–Kier alpha value is -2.62. The minimum absolute atomic E-state index is 0.00636. The summed E-state index contributed by atoms with van der Waals surface area (Å²) in [5.41, 5.74) is 4.08. The number of nitrogens with one attached hydrogen (secondary N) is 1. The monoisotopic (exact) mass is 348 g/mol. The molecular formula is C22H24N2O2. The van der Waals surface area contributed by atoms with E-state index in [1.54, 1.807) is 0 Å². The summed E-state index contributed by atoms with van der Waals surface area (Å²) in [4.78, 5) is 26.9. The third-order valence-corrected chi connectivity index (χ3v) is 5.27. The van der Waals surface area contributed by atoms with Crippen molar-refractivity contribution in [3.8, 4) is 0 Å². The van der Waals surface area contributed by atoms with Gasteiger partial charge in [0.25, 0.3) is 0 Å². The van der Waals surface area contributed by atoms with Crippen LogP contribution in [-0.2, 0) is 22.4 Å². The number of fused-ring (bicyclic) bond motifs is 1. The number of nitrogens with zero attached hydrogens (tertiary/aromatic N) is 1. The van der Waals surface area contributed by atoms with Crippen molar-refractivity contribution in [1.82, 2.24) is 0 Å². The molecule has 0 radical (unpaired) electrons. The van der Waals surface area contributed by atoms with Gasteiger partial charge in [0.2, 0.25) is 11.8 Å². The molecule has 1 heterocycles. The van der Waals surface area contributed by atoms with Crippen molar-refractivity contribution in [2.75, 3.05) is 16.8 Å². The van der Waals surface area contributed by atoms with E-state index in [9.17, 15) is 9.59 Å². The van der Waals surface area contributed by atoms with Crippen LogP contribution in [-0.4, -0.2) is 18.4 Å². The van der Waals surface area contributed by atoms with Crippen molar-refractivity contribution in [3.05, 3.63) is 59.7 Å². The van der Waals surface area contributed by atoms with Crippen molar-refractivity contribution >= 4 is 23.2 Å². The van der Waals surface area contributed by atoms with E-state index < -0.39 is 0 Å². The molecule has 0 aromatic heterocycles. The smallest absolute Gasteiger partial charge is 0.230 e. The average Bonchev–Trinajstić information content (AvgIpc) is 3.42. The predicted molar refractivity (Wildman–Crippen MR) is 103 cm³/mol. The van der Waals surface area contributed by atoms with Crippen molar-refractivity contribution in [3.63, 3.8) is 0 Å². The Kier molecular flexibility index (Phi) is 4.49. The number of hydrogen-bond donors (Lipinski definition) is 1. The SMILES string of the molecule is CC(Cc1ccccc1)C(=O)Nc1ccc2c(c1)N(C(=O)C1CC1)CC2. The van der Waals surface area contributed by atoms with Gasteiger partial charge in [0.05, 0.1) is 0 Å². The average molecular weight is 348 g/mol. The molecule has 2 aromatic rings. The minimum atomic E-state index is -0.116. The lowest BCUT2D eigenvalue weighted by Crippen LogP contribution is -2.30. The van der Waals surface area contributed by atoms with Crippen molar-refractivity contribution in [2.45, 2.75) is 32.6 Å². The molecule has 0 bridgehead atoms. The number of hydrogen-bond acceptors (Lipinski definition) is 2. The molecule has 0 saturated heterocycles. The van der Waals surface area contributed by atoms with E-state index in [0.29, 0.717) is 6.42 Å². The second-order valence-corrected chi connectivity index (χ2v) is 7.44. The van der Waals surface area contributed by atoms with Crippen LogP contribution in [0.4, 0.5) is 11.4 Å². The lowest BCUT2D eigenvalue weighted by Gasteiger charge is -2.18. The van der Waals surface area contributed by atoms with Crippen molar-refractivity contribution in [2.24, 2.45) is 11.8 Å². The van der Waals surface area contributed by atoms with E-state index in [4.69, 9.17) is 0 Å². The first-order valence-corrected chi connectivity index (χ1v) is 9.41. The highest BCUT2D eigenvalue weighted by molar-refractivity contribution is 6.00. The topological polar surface area (TPSA) is 49.4 Å². The summed E-state index contributed by atoms with van der Waals surface area (Å²) in [5.74, 6) is 0.344. The summed E-state index contributed by atoms with van der Waals surface area (Å²) in [6, 6.07) is 16.0. The van der Waals surface area contributed by atoms with Crippen LogP contribution in [0, 0.1) is 11.8 Å². The molecular weight excluding hydrogens is 324 g/mol. The van der Waals surface area contributed by atoms with E-state index >= 15 is 0 Å². The lowest BCUT2D eigenvalue weighted by molar-refractivity contribution is -0.120. The van der Waals surface area contributed by atoms with Gasteiger partial charge in [-0.25, -0.2) is 0 Å². The Labute approximate surface area is 154 Å². The molecule has 2 aliphatic rings. The van der Waals surface area contributed by atoms with Crippen LogP contribution in [0.5, 0.6) is 0 Å². The van der Waals surface area contributed by atoms with E-state index in [-0.39, 0.29) is 23.7 Å². The van der Waals surface area contributed by atoms with Crippen LogP contribution in [0.2, 0.25) is 0 Å². The van der Waals surface area contributed by atoms with Crippen LogP contribution in [0.15, 0.2) is 48.5 Å². The molecule has 2 amide bonds. The zero-order valence-electron chi connectivity index (χ0n) is 15.1. The van der Waals surface area contributed by atoms with Gasteiger partial charge >= 0.3 is 0 Å². The standard InChI is InChI=1S/C22H24N2O2/c1-15(13-16-5-3-2-4-6-16)21(25)23-19-10-9-17-11-12-24(20(17)14-19)22(26)18-7-8-18/h2-6,9-10,14-15,18H,7-8,11-13H2,1H3,(H,23,25). The molecule has 4 heteroatoms. The molecule has 1 N–H and O–H groups in total. The molecule has 1 unspecified atom stereocenters. The first-order valence-electron chi connectivity index (χ1n) is 9.41. The Morgan fingerprint density at radius 3 is 2.65 bits per heavy atom. The Morgan fingerprint density at radius 2 is 1.92 bits per heavy atom. The third kappa shape index (κ3) is 3.50. The molecule has 1 atom stereocenters. The minimum Gasteiger partial charge on any atom is -0.326 e. The first-order chi connectivity index (χ1) is 12.6. The molecule has 0 spiro atoms. The van der Waals surface area contributed by atoms with E-state index in [1.807, 2.05) is 60.4 Å². The maximum Gasteiger partial charge on any atom is 0.230 e. The number of carbonyl (C=O) groups is 2. The summed E-state index contributed by atoms with van der Waals surface area (Å²) in [5, 5.41) is 3.02. The van der Waals surface area contributed by atoms with Crippen LogP contribution in [0.3, 0.4) is 0 Å². The Morgan fingerprint density at radius 1 is 1.15 bits per heavy atom. The third-order valence-electron chi connectivity index (χ3n) is 5.27. The van der Waals surface area contributed by atoms with Gasteiger partial charge in [-0.05, 0) is 48.9 Å². The zero-order chi connectivity index (χ0) is 18.1. The predicted octanol–water partition coefficient (Wildman–Crippen LogP) is 3.80. The van der Waals surface area contributed by atoms with Gasteiger partial charge in [-0.15, -0.1) is 0 Å². The summed E-state index contributed by atoms with van der Waals surface area (Å²) in [6.45, 7) is 2.70. The van der Waals surface area contributed by atoms with Crippen LogP contribution in [0.1, 0.15) is 30.9 Å². The van der Waals surface area contributed by atoms with Gasteiger partial charge < -0.3 is 10.2 Å². The fraction of sp³-hybridized carbons (Fsp3) is 0.364. The molecule has 1 aliphatic heterocycles. The summed E-state index contributed by atoms with van der Waals surface area (Å²) >= 11 is 0. The van der Waals surface area contributed by atoms with Crippen LogP contribution >= 0.6 is 0 Å². The largest absolute Gasteiger partial charge is 0.326 e. The number of carbonyl (C=O) groups excluding carboxylic acids is 2. The Bertz CT molecular complexity index is 827. The highest BCUT2D eigenvalue weighted by atomic mass is 16.2. The highest BCUT2D eigenvalue weighted by Crippen LogP contribution is 2.37. The van der Waals surface area contributed by atoms with E-state index in [0.717, 1.165) is 42.7 Å². The summed E-state index contributed by atoms with van der Waals surface area (Å²) in [6.07, 6.45) is 3.63. The van der Waals surface area contributed by atoms with Crippen LogP contribution in [0.25, 0.3) is 0 Å². The highest BCUT2D eigenvalue weighted by Gasteiger charge is 2.36. The quantitative estimate of drug-likeness (QED) is 0.893. The zero-order valence-corrected chi connectivity index (χ0v) is 15.1. The molecule has 2 aromatic carbocycles. The first kappa shape index (κ1) is 16.8. The summed E-state index contributed by atoms with van der Waals surface area (Å²) < 4.78 is 0. The molecule has 4 rings (SSSR count). The second-order valence-electron chi connectivity index (χ2n) is 7.44. The molecule has 1 saturated carbocycles. The Balaban J connectivity index is 1.44. The van der Waals surface area contributed by atoms with E-state index in [2.05, 4.69) is 5.32 Å². The second kappa shape index (κ2) is 6.94. The van der Waals surface area contributed by atoms with Gasteiger partial charge in [-0.3, -0.25) is 9.59 Å². The number of rotatable bonds is 5. The molecule has 134 valence electrons. The van der Waals surface area contributed by atoms with E-state index in [1.165, 1.54) is 5.56 Å². The maximum absolute atomic E-state index is 12.6. The summed E-state index contributed by atoms with van der Waals surface area (Å²) in [7, 11) is 0. The number of amides is 2. The lowest BCUT2D eigenvalue weighted by atomic mass is 10.0. The molecule has 1 fully saturated rings. The normalized spacial score (nSPS) is 16.9. The fourth-order valence-electron chi connectivity index (χ4n) is 3.56. The van der Waals surface area contributed by atoms with Gasteiger partial charge in [0.1, 0.15) is 0 Å². The van der Waals surface area contributed by atoms with Gasteiger partial charge in [-0.2, -0.15) is 0 Å². The van der Waals surface area contributed by atoms with Crippen molar-refractivity contribution < 1.29 is 9.59 Å². The van der Waals surface area contributed by atoms with Crippen LogP contribution < -0.4 is 10.2 Å². The molecule has 4 nitrogen and oxygen atoms in total. The number of benzene rings is 2. The van der Waals surface area contributed by atoms with Gasteiger partial charge in [0.15, 0.2) is 0 Å². The fourth-order valence-corrected chi connectivity index (χ4v) is 3.56. The van der Waals surface area contributed by atoms with Gasteiger partial charge in [0, 0.05) is 29.8 Å². The van der Waals surface area contributed by atoms with Crippen molar-refractivity contribution in [1.29, 1.82) is 0 Å². The number of anilines is 2. The van der Waals surface area contributed by atoms with Gasteiger partial charge in [-0.1, -0.05) is 43.3 Å². The maximum atomic E-state index is 12.6. The molecule has 1 aliphatic carbocycles.